The molecule has 0 aromatic heterocycles. The van der Waals surface area contributed by atoms with Crippen molar-refractivity contribution in [2.45, 2.75) is 26.3 Å². The summed E-state index contributed by atoms with van der Waals surface area (Å²) in [7, 11) is 0. The first-order valence-corrected chi connectivity index (χ1v) is 7.40. The second kappa shape index (κ2) is 7.54. The Balaban J connectivity index is 1.89. The van der Waals surface area contributed by atoms with E-state index < -0.39 is 17.6 Å². The summed E-state index contributed by atoms with van der Waals surface area (Å²) >= 11 is 0. The van der Waals surface area contributed by atoms with Crippen LogP contribution in [0, 0.1) is 5.82 Å². The number of para-hydroxylation sites is 1. The molecule has 0 spiro atoms. The molecule has 0 atom stereocenters. The van der Waals surface area contributed by atoms with Gasteiger partial charge in [-0.3, -0.25) is 9.59 Å². The van der Waals surface area contributed by atoms with Crippen LogP contribution in [0.3, 0.4) is 0 Å². The minimum atomic E-state index is -0.895. The molecule has 2 N–H and O–H groups in total. The topological polar surface area (TPSA) is 58.2 Å². The smallest absolute Gasteiger partial charge is 0.313 e. The monoisotopic (exact) mass is 314 g/mol. The molecule has 4 nitrogen and oxygen atoms in total. The SMILES string of the molecule is CC(C)c1ccc(CNC(=O)C(=O)Nc2ccccc2F)cc1. The summed E-state index contributed by atoms with van der Waals surface area (Å²) in [6.45, 7) is 4.44. The standard InChI is InChI=1S/C18H19FN2O2/c1-12(2)14-9-7-13(8-10-14)11-20-17(22)18(23)21-16-6-4-3-5-15(16)19/h3-10,12H,11H2,1-2H3,(H,20,22)(H,21,23). The van der Waals surface area contributed by atoms with Gasteiger partial charge in [-0.05, 0) is 29.2 Å². The molecule has 0 aliphatic rings. The zero-order valence-corrected chi connectivity index (χ0v) is 13.1. The molecular weight excluding hydrogens is 295 g/mol. The van der Waals surface area contributed by atoms with Crippen LogP contribution in [-0.4, -0.2) is 11.8 Å². The highest BCUT2D eigenvalue weighted by Gasteiger charge is 2.15. The third-order valence-electron chi connectivity index (χ3n) is 3.43. The number of nitrogens with one attached hydrogen (secondary N) is 2. The Morgan fingerprint density at radius 1 is 1.00 bits per heavy atom. The number of carbonyl (C=O) groups excluding carboxylic acids is 2. The fourth-order valence-corrected chi connectivity index (χ4v) is 2.02. The van der Waals surface area contributed by atoms with Gasteiger partial charge in [0.1, 0.15) is 5.82 Å². The Morgan fingerprint density at radius 2 is 1.65 bits per heavy atom. The minimum Gasteiger partial charge on any atom is -0.344 e. The van der Waals surface area contributed by atoms with Gasteiger partial charge in [0.25, 0.3) is 0 Å². The fourth-order valence-electron chi connectivity index (χ4n) is 2.02. The van der Waals surface area contributed by atoms with Crippen molar-refractivity contribution in [1.29, 1.82) is 0 Å². The van der Waals surface area contributed by atoms with E-state index in [4.69, 9.17) is 0 Å². The summed E-state index contributed by atoms with van der Waals surface area (Å²) in [5, 5.41) is 4.76. The molecule has 2 aromatic carbocycles. The maximum atomic E-state index is 13.4. The molecule has 0 heterocycles. The number of rotatable bonds is 4. The normalized spacial score (nSPS) is 10.4. The van der Waals surface area contributed by atoms with Crippen molar-refractivity contribution in [1.82, 2.24) is 5.32 Å². The molecule has 120 valence electrons. The third kappa shape index (κ3) is 4.64. The Bertz CT molecular complexity index is 696. The van der Waals surface area contributed by atoms with Gasteiger partial charge in [-0.25, -0.2) is 4.39 Å². The van der Waals surface area contributed by atoms with Gasteiger partial charge in [0.15, 0.2) is 0 Å². The van der Waals surface area contributed by atoms with E-state index in [1.165, 1.54) is 23.8 Å². The molecule has 0 saturated carbocycles. The molecule has 2 aromatic rings. The number of benzene rings is 2. The van der Waals surface area contributed by atoms with E-state index in [1.54, 1.807) is 6.07 Å². The van der Waals surface area contributed by atoms with E-state index >= 15 is 0 Å². The molecule has 0 aliphatic carbocycles. The van der Waals surface area contributed by atoms with Crippen LogP contribution in [0.15, 0.2) is 48.5 Å². The second-order valence-electron chi connectivity index (χ2n) is 5.51. The van der Waals surface area contributed by atoms with Crippen molar-refractivity contribution in [3.8, 4) is 0 Å². The van der Waals surface area contributed by atoms with E-state index in [2.05, 4.69) is 24.5 Å². The maximum absolute atomic E-state index is 13.4. The van der Waals surface area contributed by atoms with Crippen molar-refractivity contribution in [3.05, 3.63) is 65.5 Å². The van der Waals surface area contributed by atoms with Gasteiger partial charge in [0.05, 0.1) is 5.69 Å². The Hall–Kier alpha value is -2.69. The Kier molecular flexibility index (Phi) is 5.46. The number of anilines is 1. The molecule has 23 heavy (non-hydrogen) atoms. The molecule has 0 unspecified atom stereocenters. The summed E-state index contributed by atoms with van der Waals surface area (Å²) in [6, 6.07) is 13.5. The van der Waals surface area contributed by atoms with Crippen LogP contribution in [-0.2, 0) is 16.1 Å². The zero-order valence-electron chi connectivity index (χ0n) is 13.1. The van der Waals surface area contributed by atoms with E-state index in [0.29, 0.717) is 5.92 Å². The van der Waals surface area contributed by atoms with Gasteiger partial charge < -0.3 is 10.6 Å². The summed E-state index contributed by atoms with van der Waals surface area (Å²) in [4.78, 5) is 23.5. The van der Waals surface area contributed by atoms with Crippen molar-refractivity contribution in [3.63, 3.8) is 0 Å². The fraction of sp³-hybridized carbons (Fsp3) is 0.222. The first kappa shape index (κ1) is 16.7. The predicted molar refractivity (Wildman–Crippen MR) is 87.4 cm³/mol. The molecule has 0 bridgehead atoms. The highest BCUT2D eigenvalue weighted by atomic mass is 19.1. The average Bonchev–Trinajstić information content (AvgIpc) is 2.55. The maximum Gasteiger partial charge on any atom is 0.313 e. The van der Waals surface area contributed by atoms with E-state index in [1.807, 2.05) is 24.3 Å². The molecule has 0 fully saturated rings. The van der Waals surface area contributed by atoms with E-state index in [0.717, 1.165) is 5.56 Å². The molecule has 2 rings (SSSR count). The largest absolute Gasteiger partial charge is 0.344 e. The van der Waals surface area contributed by atoms with E-state index in [-0.39, 0.29) is 12.2 Å². The Morgan fingerprint density at radius 3 is 2.26 bits per heavy atom. The molecule has 5 heteroatoms. The minimum absolute atomic E-state index is 0.0195. The first-order valence-electron chi connectivity index (χ1n) is 7.40. The lowest BCUT2D eigenvalue weighted by Crippen LogP contribution is -2.35. The highest BCUT2D eigenvalue weighted by Crippen LogP contribution is 2.15. The Labute approximate surface area is 134 Å². The summed E-state index contributed by atoms with van der Waals surface area (Å²) < 4.78 is 13.4. The molecular formula is C18H19FN2O2. The van der Waals surface area contributed by atoms with Crippen molar-refractivity contribution < 1.29 is 14.0 Å². The quantitative estimate of drug-likeness (QED) is 0.851. The summed E-state index contributed by atoms with van der Waals surface area (Å²) in [6.07, 6.45) is 0. The lowest BCUT2D eigenvalue weighted by atomic mass is 10.0. The van der Waals surface area contributed by atoms with Crippen molar-refractivity contribution in [2.24, 2.45) is 0 Å². The van der Waals surface area contributed by atoms with Gasteiger partial charge >= 0.3 is 11.8 Å². The highest BCUT2D eigenvalue weighted by molar-refractivity contribution is 6.39. The van der Waals surface area contributed by atoms with Gasteiger partial charge in [0.2, 0.25) is 0 Å². The predicted octanol–water partition coefficient (Wildman–Crippen LogP) is 3.20. The molecule has 0 aliphatic heterocycles. The van der Waals surface area contributed by atoms with Crippen LogP contribution in [0.2, 0.25) is 0 Å². The van der Waals surface area contributed by atoms with Crippen molar-refractivity contribution in [2.75, 3.05) is 5.32 Å². The van der Waals surface area contributed by atoms with Crippen LogP contribution in [0.5, 0.6) is 0 Å². The number of carbonyl (C=O) groups is 2. The summed E-state index contributed by atoms with van der Waals surface area (Å²) in [5.41, 5.74) is 2.08. The summed E-state index contributed by atoms with van der Waals surface area (Å²) in [5.74, 6) is -1.85. The van der Waals surface area contributed by atoms with Crippen molar-refractivity contribution >= 4 is 17.5 Å². The van der Waals surface area contributed by atoms with E-state index in [9.17, 15) is 14.0 Å². The van der Waals surface area contributed by atoms with Gasteiger partial charge in [-0.15, -0.1) is 0 Å². The molecule has 2 amide bonds. The van der Waals surface area contributed by atoms with Gasteiger partial charge in [-0.2, -0.15) is 0 Å². The second-order valence-corrected chi connectivity index (χ2v) is 5.51. The van der Waals surface area contributed by atoms with Crippen LogP contribution in [0.4, 0.5) is 10.1 Å². The number of amides is 2. The lowest BCUT2D eigenvalue weighted by Gasteiger charge is -2.09. The lowest BCUT2D eigenvalue weighted by molar-refractivity contribution is -0.136. The third-order valence-corrected chi connectivity index (χ3v) is 3.43. The number of halogens is 1. The van der Waals surface area contributed by atoms with Crippen LogP contribution >= 0.6 is 0 Å². The van der Waals surface area contributed by atoms with Crippen LogP contribution in [0.25, 0.3) is 0 Å². The van der Waals surface area contributed by atoms with Crippen LogP contribution < -0.4 is 10.6 Å². The zero-order chi connectivity index (χ0) is 16.8. The number of hydrogen-bond donors (Lipinski definition) is 2. The van der Waals surface area contributed by atoms with Gasteiger partial charge in [0, 0.05) is 6.54 Å². The van der Waals surface area contributed by atoms with Gasteiger partial charge in [-0.1, -0.05) is 50.2 Å². The average molecular weight is 314 g/mol. The molecule has 0 saturated heterocycles. The molecule has 0 radical (unpaired) electrons. The van der Waals surface area contributed by atoms with Crippen LogP contribution in [0.1, 0.15) is 30.9 Å². The number of hydrogen-bond acceptors (Lipinski definition) is 2. The first-order chi connectivity index (χ1) is 11.0.